The van der Waals surface area contributed by atoms with Crippen LogP contribution in [0.25, 0.3) is 0 Å². The predicted octanol–water partition coefficient (Wildman–Crippen LogP) is 1.79. The van der Waals surface area contributed by atoms with Crippen LogP contribution in [-0.4, -0.2) is 30.6 Å². The lowest BCUT2D eigenvalue weighted by Crippen LogP contribution is -2.45. The number of Topliss-reactive ketones (excluding diaryl/α,β-unsaturated/α-hetero) is 1. The highest BCUT2D eigenvalue weighted by Crippen LogP contribution is 2.29. The van der Waals surface area contributed by atoms with E-state index in [0.717, 1.165) is 5.56 Å². The molecule has 6 nitrogen and oxygen atoms in total. The molecule has 0 aromatic heterocycles. The molecule has 0 aliphatic carbocycles. The Bertz CT molecular complexity index is 727. The third-order valence-electron chi connectivity index (χ3n) is 3.44. The number of hydrogen-bond donors (Lipinski definition) is 2. The first kappa shape index (κ1) is 17.7. The molecule has 1 atom stereocenters. The lowest BCUT2D eigenvalue weighted by atomic mass is 9.92. The molecular formula is C17H18N2O4S. The van der Waals surface area contributed by atoms with Crippen molar-refractivity contribution >= 4 is 29.1 Å². The first-order valence-corrected chi connectivity index (χ1v) is 7.63. The van der Waals surface area contributed by atoms with Crippen LogP contribution in [0.4, 0.5) is 0 Å². The number of allylic oxidation sites excluding steroid dienone is 1. The van der Waals surface area contributed by atoms with E-state index < -0.39 is 17.8 Å². The number of benzene rings is 1. The van der Waals surface area contributed by atoms with Gasteiger partial charge in [0, 0.05) is 5.70 Å². The maximum atomic E-state index is 12.4. The fourth-order valence-electron chi connectivity index (χ4n) is 2.39. The number of carbonyl (C=O) groups is 2. The highest BCUT2D eigenvalue weighted by Gasteiger charge is 2.33. The Morgan fingerprint density at radius 3 is 2.83 bits per heavy atom. The van der Waals surface area contributed by atoms with Crippen molar-refractivity contribution in [1.29, 1.82) is 0 Å². The Kier molecular flexibility index (Phi) is 5.70. The van der Waals surface area contributed by atoms with E-state index in [4.69, 9.17) is 17.0 Å². The van der Waals surface area contributed by atoms with Crippen molar-refractivity contribution in [1.82, 2.24) is 10.6 Å². The monoisotopic (exact) mass is 346 g/mol. The summed E-state index contributed by atoms with van der Waals surface area (Å²) < 4.78 is 10.1. The summed E-state index contributed by atoms with van der Waals surface area (Å²) in [5.74, 6) is -1.02. The Morgan fingerprint density at radius 2 is 2.17 bits per heavy atom. The summed E-state index contributed by atoms with van der Waals surface area (Å²) in [5.41, 5.74) is 1.51. The molecule has 1 aromatic rings. The molecule has 0 amide bonds. The van der Waals surface area contributed by atoms with Crippen LogP contribution < -0.4 is 15.4 Å². The third kappa shape index (κ3) is 3.80. The van der Waals surface area contributed by atoms with Crippen LogP contribution in [0.1, 0.15) is 18.5 Å². The van der Waals surface area contributed by atoms with Crippen LogP contribution >= 0.6 is 12.2 Å². The number of ether oxygens (including phenoxy) is 2. The molecule has 2 N–H and O–H groups in total. The van der Waals surface area contributed by atoms with Gasteiger partial charge in [0.05, 0.1) is 18.7 Å². The van der Waals surface area contributed by atoms with Crippen LogP contribution in [0.5, 0.6) is 5.75 Å². The van der Waals surface area contributed by atoms with Crippen LogP contribution in [0.15, 0.2) is 48.2 Å². The van der Waals surface area contributed by atoms with Gasteiger partial charge < -0.3 is 20.1 Å². The lowest BCUT2D eigenvalue weighted by Gasteiger charge is -2.30. The van der Waals surface area contributed by atoms with E-state index in [0.29, 0.717) is 23.2 Å². The minimum atomic E-state index is -0.926. The molecule has 1 aliphatic heterocycles. The van der Waals surface area contributed by atoms with Gasteiger partial charge in [-0.05, 0) is 36.8 Å². The smallest absolute Gasteiger partial charge is 0.379 e. The van der Waals surface area contributed by atoms with Gasteiger partial charge in [0.15, 0.2) is 5.11 Å². The minimum absolute atomic E-state index is 0.260. The predicted molar refractivity (Wildman–Crippen MR) is 93.5 cm³/mol. The molecule has 0 saturated heterocycles. The zero-order valence-corrected chi connectivity index (χ0v) is 14.2. The second-order valence-electron chi connectivity index (χ2n) is 5.06. The van der Waals surface area contributed by atoms with E-state index in [2.05, 4.69) is 21.9 Å². The fraction of sp³-hybridized carbons (Fsp3) is 0.235. The number of carbonyl (C=O) groups excluding carboxylic acids is 2. The van der Waals surface area contributed by atoms with Gasteiger partial charge in [-0.1, -0.05) is 24.8 Å². The Labute approximate surface area is 145 Å². The number of ketones is 1. The van der Waals surface area contributed by atoms with Gasteiger partial charge in [0.2, 0.25) is 0 Å². The Morgan fingerprint density at radius 1 is 1.42 bits per heavy atom. The number of thiocarbonyl (C=S) groups is 1. The van der Waals surface area contributed by atoms with Crippen molar-refractivity contribution in [2.24, 2.45) is 0 Å². The Hall–Kier alpha value is -2.67. The van der Waals surface area contributed by atoms with Gasteiger partial charge in [-0.15, -0.1) is 0 Å². The summed E-state index contributed by atoms with van der Waals surface area (Å²) in [6.45, 7) is 5.66. The van der Waals surface area contributed by atoms with Crippen LogP contribution in [0, 0.1) is 0 Å². The molecule has 0 fully saturated rings. The maximum Gasteiger partial charge on any atom is 0.379 e. The Balaban J connectivity index is 2.43. The average molecular weight is 346 g/mol. The van der Waals surface area contributed by atoms with Crippen LogP contribution in [-0.2, 0) is 14.3 Å². The molecule has 2 rings (SSSR count). The molecule has 0 spiro atoms. The molecule has 24 heavy (non-hydrogen) atoms. The van der Waals surface area contributed by atoms with E-state index in [1.54, 1.807) is 31.2 Å². The quantitative estimate of drug-likeness (QED) is 0.352. The van der Waals surface area contributed by atoms with Crippen molar-refractivity contribution < 1.29 is 19.1 Å². The summed E-state index contributed by atoms with van der Waals surface area (Å²) in [7, 11) is 1.17. The number of methoxy groups -OCH3 is 1. The molecule has 0 bridgehead atoms. The van der Waals surface area contributed by atoms with Crippen molar-refractivity contribution in [2.75, 3.05) is 13.7 Å². The molecule has 7 heteroatoms. The minimum Gasteiger partial charge on any atom is -0.490 e. The zero-order chi connectivity index (χ0) is 17.7. The van der Waals surface area contributed by atoms with E-state index in [1.165, 1.54) is 7.11 Å². The van der Waals surface area contributed by atoms with Crippen molar-refractivity contribution in [2.45, 2.75) is 13.0 Å². The first-order valence-electron chi connectivity index (χ1n) is 7.22. The van der Waals surface area contributed by atoms with E-state index in [-0.39, 0.29) is 5.57 Å². The molecular weight excluding hydrogens is 328 g/mol. The van der Waals surface area contributed by atoms with Gasteiger partial charge in [0.25, 0.3) is 5.78 Å². The molecule has 0 radical (unpaired) electrons. The highest BCUT2D eigenvalue weighted by molar-refractivity contribution is 7.80. The topological polar surface area (TPSA) is 76.7 Å². The summed E-state index contributed by atoms with van der Waals surface area (Å²) >= 11 is 5.17. The fourth-order valence-corrected chi connectivity index (χ4v) is 2.66. The van der Waals surface area contributed by atoms with Gasteiger partial charge in [-0.3, -0.25) is 4.79 Å². The number of hydrogen-bond acceptors (Lipinski definition) is 5. The summed E-state index contributed by atoms with van der Waals surface area (Å²) in [5, 5.41) is 6.25. The van der Waals surface area contributed by atoms with Crippen LogP contribution in [0.3, 0.4) is 0 Å². The SMILES string of the molecule is C=CCOc1cccc([C@H]2NC(=S)NC(C)=C2C(=O)C(=O)OC)c1. The summed E-state index contributed by atoms with van der Waals surface area (Å²) in [4.78, 5) is 24.1. The molecule has 1 aromatic carbocycles. The van der Waals surface area contributed by atoms with E-state index >= 15 is 0 Å². The van der Waals surface area contributed by atoms with Gasteiger partial charge in [-0.25, -0.2) is 4.79 Å². The first-order chi connectivity index (χ1) is 11.5. The largest absolute Gasteiger partial charge is 0.490 e. The summed E-state index contributed by atoms with van der Waals surface area (Å²) in [6.07, 6.45) is 1.64. The highest BCUT2D eigenvalue weighted by atomic mass is 32.1. The number of rotatable bonds is 6. The molecule has 0 unspecified atom stereocenters. The molecule has 0 saturated carbocycles. The zero-order valence-electron chi connectivity index (χ0n) is 13.4. The summed E-state index contributed by atoms with van der Waals surface area (Å²) in [6, 6.07) is 6.63. The van der Waals surface area contributed by atoms with E-state index in [1.807, 2.05) is 6.07 Å². The molecule has 126 valence electrons. The standard InChI is InChI=1S/C17H18N2O4S/c1-4-8-23-12-7-5-6-11(9-12)14-13(15(20)16(21)22-3)10(2)18-17(24)19-14/h4-7,9,14H,1,8H2,2-3H3,(H2,18,19,24)/t14-/m1/s1. The number of esters is 1. The second-order valence-corrected chi connectivity index (χ2v) is 5.47. The van der Waals surface area contributed by atoms with Gasteiger partial charge in [-0.2, -0.15) is 0 Å². The maximum absolute atomic E-state index is 12.4. The normalized spacial score (nSPS) is 16.8. The molecule has 1 aliphatic rings. The third-order valence-corrected chi connectivity index (χ3v) is 3.66. The van der Waals surface area contributed by atoms with Gasteiger partial charge in [0.1, 0.15) is 12.4 Å². The van der Waals surface area contributed by atoms with Crippen LogP contribution in [0.2, 0.25) is 0 Å². The van der Waals surface area contributed by atoms with E-state index in [9.17, 15) is 9.59 Å². The lowest BCUT2D eigenvalue weighted by molar-refractivity contribution is -0.150. The van der Waals surface area contributed by atoms with Crippen molar-refractivity contribution in [3.8, 4) is 5.75 Å². The van der Waals surface area contributed by atoms with Gasteiger partial charge >= 0.3 is 5.97 Å². The average Bonchev–Trinajstić information content (AvgIpc) is 2.58. The van der Waals surface area contributed by atoms with Crippen molar-refractivity contribution in [3.05, 3.63) is 53.8 Å². The molecule has 1 heterocycles. The number of nitrogens with one attached hydrogen (secondary N) is 2. The van der Waals surface area contributed by atoms with Crippen molar-refractivity contribution in [3.63, 3.8) is 0 Å². The second kappa shape index (κ2) is 7.74.